The van der Waals surface area contributed by atoms with Gasteiger partial charge >= 0.3 is 0 Å². The molecule has 5 aromatic carbocycles. The van der Waals surface area contributed by atoms with Crippen molar-refractivity contribution in [2.75, 3.05) is 33.0 Å². The van der Waals surface area contributed by atoms with Gasteiger partial charge in [-0.15, -0.1) is 23.2 Å². The highest BCUT2D eigenvalue weighted by Crippen LogP contribution is 2.32. The fourth-order valence-corrected chi connectivity index (χ4v) is 6.98. The zero-order valence-corrected chi connectivity index (χ0v) is 38.0. The Bertz CT molecular complexity index is 2460. The maximum absolute atomic E-state index is 13.4. The van der Waals surface area contributed by atoms with Crippen molar-refractivity contribution >= 4 is 116 Å². The van der Waals surface area contributed by atoms with Crippen LogP contribution in [0.25, 0.3) is 0 Å². The molecule has 4 amide bonds. The SMILES string of the molecule is CC(=O)C(N=Nc1cccc(C(=O)Nc2ccc(CCCl)cc2)c1Cl)C(=O)Nc1ccc(NC(=O)C(N=Nc2cccc(C(=O)Nc3ccc(CCCl)cc3)c2Cl)C(C)=O)c(C)c1C. The molecule has 5 rings (SSSR count). The van der Waals surface area contributed by atoms with Crippen LogP contribution in [0.4, 0.5) is 34.1 Å². The summed E-state index contributed by atoms with van der Waals surface area (Å²) in [6.07, 6.45) is 1.37. The summed E-state index contributed by atoms with van der Waals surface area (Å²) in [6, 6.07) is 23.3. The molecule has 0 aliphatic carbocycles. The van der Waals surface area contributed by atoms with E-state index in [1.54, 1.807) is 50.2 Å². The summed E-state index contributed by atoms with van der Waals surface area (Å²) < 4.78 is 0. The van der Waals surface area contributed by atoms with E-state index >= 15 is 0 Å². The molecule has 14 nitrogen and oxygen atoms in total. The first kappa shape index (κ1) is 48.7. The minimum Gasteiger partial charge on any atom is -0.324 e. The molecule has 0 saturated heterocycles. The fourth-order valence-electron chi connectivity index (χ4n) is 6.04. The molecule has 18 heteroatoms. The smallest absolute Gasteiger partial charge is 0.258 e. The van der Waals surface area contributed by atoms with Gasteiger partial charge in [0.15, 0.2) is 11.6 Å². The van der Waals surface area contributed by atoms with E-state index in [4.69, 9.17) is 46.4 Å². The second-order valence-electron chi connectivity index (χ2n) is 14.3. The number of nitrogens with zero attached hydrogens (tertiary/aromatic N) is 4. The van der Waals surface area contributed by atoms with Crippen molar-refractivity contribution < 1.29 is 28.8 Å². The van der Waals surface area contributed by atoms with E-state index in [0.29, 0.717) is 58.5 Å². The highest BCUT2D eigenvalue weighted by Gasteiger charge is 2.27. The van der Waals surface area contributed by atoms with E-state index in [1.165, 1.54) is 50.2 Å². The van der Waals surface area contributed by atoms with Crippen molar-refractivity contribution in [2.45, 2.75) is 52.6 Å². The molecule has 0 heterocycles. The molecule has 0 fully saturated rings. The van der Waals surface area contributed by atoms with E-state index in [1.807, 2.05) is 24.3 Å². The lowest BCUT2D eigenvalue weighted by Gasteiger charge is -2.17. The van der Waals surface area contributed by atoms with Crippen LogP contribution in [0.5, 0.6) is 0 Å². The highest BCUT2D eigenvalue weighted by molar-refractivity contribution is 6.37. The van der Waals surface area contributed by atoms with Crippen molar-refractivity contribution in [3.63, 3.8) is 0 Å². The molecule has 2 atom stereocenters. The summed E-state index contributed by atoms with van der Waals surface area (Å²) in [6.45, 7) is 5.72. The molecule has 64 heavy (non-hydrogen) atoms. The van der Waals surface area contributed by atoms with Gasteiger partial charge < -0.3 is 21.3 Å². The minimum absolute atomic E-state index is 0.0397. The van der Waals surface area contributed by atoms with E-state index in [9.17, 15) is 28.8 Å². The van der Waals surface area contributed by atoms with E-state index in [0.717, 1.165) is 11.1 Å². The third-order valence-electron chi connectivity index (χ3n) is 9.77. The monoisotopic (exact) mass is 942 g/mol. The second kappa shape index (κ2) is 22.9. The van der Waals surface area contributed by atoms with Crippen LogP contribution in [0, 0.1) is 13.8 Å². The van der Waals surface area contributed by atoms with Crippen LogP contribution < -0.4 is 21.3 Å². The Hall–Kier alpha value is -6.32. The van der Waals surface area contributed by atoms with Crippen molar-refractivity contribution in [1.82, 2.24) is 0 Å². The van der Waals surface area contributed by atoms with Crippen LogP contribution in [0.2, 0.25) is 10.0 Å². The summed E-state index contributed by atoms with van der Waals surface area (Å²) in [4.78, 5) is 78.3. The standard InChI is InChI=1S/C46H42Cl4N8O6/c1-25-26(2)36(54-46(64)42(28(4)60)58-56-38-10-6-8-34(40(38)50)44(62)52-32-17-13-30(14-18-32)22-24-48)20-19-35(25)53-45(63)41(27(3)59)57-55-37-9-5-7-33(39(37)49)43(61)51-31-15-11-29(12-16-31)21-23-47/h5-20,41-42H,21-24H2,1-4H3,(H,51,61)(H,52,62)(H,53,63)(H,54,64). The molecule has 0 radical (unpaired) electrons. The molecule has 0 aromatic heterocycles. The van der Waals surface area contributed by atoms with Gasteiger partial charge in [0.2, 0.25) is 12.1 Å². The second-order valence-corrected chi connectivity index (χ2v) is 15.8. The van der Waals surface area contributed by atoms with Gasteiger partial charge in [-0.3, -0.25) is 28.8 Å². The number of anilines is 4. The lowest BCUT2D eigenvalue weighted by Crippen LogP contribution is -2.33. The molecule has 0 bridgehead atoms. The fraction of sp³-hybridized carbons (Fsp3) is 0.217. The first-order valence-corrected chi connectivity index (χ1v) is 21.5. The number of hydrogen-bond donors (Lipinski definition) is 4. The van der Waals surface area contributed by atoms with Crippen LogP contribution >= 0.6 is 46.4 Å². The van der Waals surface area contributed by atoms with E-state index in [-0.39, 0.29) is 32.5 Å². The molecule has 5 aromatic rings. The van der Waals surface area contributed by atoms with Crippen molar-refractivity contribution in [2.24, 2.45) is 20.5 Å². The summed E-state index contributed by atoms with van der Waals surface area (Å²) >= 11 is 24.7. The van der Waals surface area contributed by atoms with Gasteiger partial charge in [0, 0.05) is 34.5 Å². The maximum atomic E-state index is 13.4. The third kappa shape index (κ3) is 12.7. The Morgan fingerprint density at radius 3 is 1.20 bits per heavy atom. The number of hydrogen-bond acceptors (Lipinski definition) is 10. The molecule has 2 unspecified atom stereocenters. The average molecular weight is 945 g/mol. The Balaban J connectivity index is 1.24. The Labute approximate surface area is 389 Å². The number of halogens is 4. The predicted molar refractivity (Wildman–Crippen MR) is 252 cm³/mol. The maximum Gasteiger partial charge on any atom is 0.258 e. The van der Waals surface area contributed by atoms with Crippen molar-refractivity contribution in [3.8, 4) is 0 Å². The summed E-state index contributed by atoms with van der Waals surface area (Å²) in [5, 5.41) is 26.9. The molecule has 330 valence electrons. The first-order valence-electron chi connectivity index (χ1n) is 19.7. The molecular weight excluding hydrogens is 902 g/mol. The summed E-state index contributed by atoms with van der Waals surface area (Å²) in [5.41, 5.74) is 5.08. The largest absolute Gasteiger partial charge is 0.324 e. The van der Waals surface area contributed by atoms with E-state index < -0.39 is 47.3 Å². The molecular formula is C46H42Cl4N8O6. The quantitative estimate of drug-likeness (QED) is 0.0382. The summed E-state index contributed by atoms with van der Waals surface area (Å²) in [5.74, 6) is -2.90. The van der Waals surface area contributed by atoms with Crippen molar-refractivity contribution in [1.29, 1.82) is 0 Å². The minimum atomic E-state index is -1.58. The zero-order valence-electron chi connectivity index (χ0n) is 35.0. The Kier molecular flexibility index (Phi) is 17.4. The van der Waals surface area contributed by atoms with Gasteiger partial charge in [0.25, 0.3) is 23.6 Å². The first-order chi connectivity index (χ1) is 30.6. The molecule has 0 aliphatic heterocycles. The van der Waals surface area contributed by atoms with Crippen LogP contribution in [0.15, 0.2) is 118 Å². The number of carbonyl (C=O) groups excluding carboxylic acids is 6. The number of carbonyl (C=O) groups is 6. The number of ketones is 2. The van der Waals surface area contributed by atoms with Gasteiger partial charge in [-0.05, 0) is 123 Å². The number of rotatable bonds is 18. The highest BCUT2D eigenvalue weighted by atomic mass is 35.5. The van der Waals surface area contributed by atoms with Crippen LogP contribution in [-0.4, -0.2) is 59.0 Å². The average Bonchev–Trinajstić information content (AvgIpc) is 3.26. The summed E-state index contributed by atoms with van der Waals surface area (Å²) in [7, 11) is 0. The Morgan fingerprint density at radius 1 is 0.516 bits per heavy atom. The van der Waals surface area contributed by atoms with Crippen LogP contribution in [0.3, 0.4) is 0 Å². The molecule has 0 aliphatic rings. The third-order valence-corrected chi connectivity index (χ3v) is 10.9. The van der Waals surface area contributed by atoms with Crippen LogP contribution in [-0.2, 0) is 32.0 Å². The number of benzene rings is 5. The lowest BCUT2D eigenvalue weighted by atomic mass is 10.0. The number of Topliss-reactive ketones (excluding diaryl/α,β-unsaturated/α-hetero) is 2. The van der Waals surface area contributed by atoms with Gasteiger partial charge in [0.05, 0.1) is 21.2 Å². The van der Waals surface area contributed by atoms with Gasteiger partial charge in [-0.1, -0.05) is 59.6 Å². The van der Waals surface area contributed by atoms with Gasteiger partial charge in [-0.25, -0.2) is 0 Å². The van der Waals surface area contributed by atoms with Gasteiger partial charge in [-0.2, -0.15) is 20.5 Å². The molecule has 4 N–H and O–H groups in total. The van der Waals surface area contributed by atoms with Crippen molar-refractivity contribution in [3.05, 3.63) is 140 Å². The molecule has 0 spiro atoms. The lowest BCUT2D eigenvalue weighted by molar-refractivity contribution is -0.127. The topological polar surface area (TPSA) is 200 Å². The predicted octanol–water partition coefficient (Wildman–Crippen LogP) is 11.0. The van der Waals surface area contributed by atoms with Gasteiger partial charge in [0.1, 0.15) is 11.4 Å². The number of alkyl halides is 2. The zero-order chi connectivity index (χ0) is 46.5. The number of azo groups is 2. The van der Waals surface area contributed by atoms with Crippen LogP contribution in [0.1, 0.15) is 56.8 Å². The number of nitrogens with one attached hydrogen (secondary N) is 4. The Morgan fingerprint density at radius 2 is 0.875 bits per heavy atom. The normalized spacial score (nSPS) is 12.1. The molecule has 0 saturated carbocycles. The number of amides is 4. The van der Waals surface area contributed by atoms with E-state index in [2.05, 4.69) is 41.7 Å². The number of aryl methyl sites for hydroxylation is 2.